The predicted octanol–water partition coefficient (Wildman–Crippen LogP) is 4.57. The van der Waals surface area contributed by atoms with Crippen LogP contribution in [0.2, 0.25) is 0 Å². The van der Waals surface area contributed by atoms with Gasteiger partial charge < -0.3 is 16.0 Å². The van der Waals surface area contributed by atoms with Gasteiger partial charge in [-0.1, -0.05) is 43.2 Å². The summed E-state index contributed by atoms with van der Waals surface area (Å²) < 4.78 is 0. The number of benzene rings is 2. The van der Waals surface area contributed by atoms with E-state index in [1.807, 2.05) is 6.07 Å². The molecule has 2 aromatic carbocycles. The highest BCUT2D eigenvalue weighted by Crippen LogP contribution is 2.46. The summed E-state index contributed by atoms with van der Waals surface area (Å²) in [5.41, 5.74) is 4.53. The molecule has 0 radical (unpaired) electrons. The van der Waals surface area contributed by atoms with Gasteiger partial charge in [0.15, 0.2) is 0 Å². The molecule has 2 aliphatic heterocycles. The fraction of sp³-hybridized carbons (Fsp3) is 0.458. The normalized spacial score (nSPS) is 26.8. The molecule has 4 nitrogen and oxygen atoms in total. The zero-order valence-electron chi connectivity index (χ0n) is 16.3. The Morgan fingerprint density at radius 1 is 0.929 bits per heavy atom. The Kier molecular flexibility index (Phi) is 4.81. The zero-order chi connectivity index (χ0) is 18.9. The van der Waals surface area contributed by atoms with Crippen LogP contribution in [0.5, 0.6) is 0 Å². The van der Waals surface area contributed by atoms with Gasteiger partial charge in [-0.15, -0.1) is 0 Å². The summed E-state index contributed by atoms with van der Waals surface area (Å²) in [4.78, 5) is 12.8. The van der Waals surface area contributed by atoms with Crippen molar-refractivity contribution in [3.05, 3.63) is 65.2 Å². The number of carbonyl (C=O) groups is 1. The minimum absolute atomic E-state index is 0.0762. The highest BCUT2D eigenvalue weighted by Gasteiger charge is 2.39. The Morgan fingerprint density at radius 3 is 2.57 bits per heavy atom. The Labute approximate surface area is 167 Å². The molecule has 2 fully saturated rings. The van der Waals surface area contributed by atoms with Crippen LogP contribution in [0.1, 0.15) is 72.1 Å². The van der Waals surface area contributed by atoms with Crippen molar-refractivity contribution in [2.75, 3.05) is 11.9 Å². The second kappa shape index (κ2) is 7.59. The van der Waals surface area contributed by atoms with Crippen molar-refractivity contribution in [1.82, 2.24) is 10.6 Å². The lowest BCUT2D eigenvalue weighted by atomic mass is 9.75. The highest BCUT2D eigenvalue weighted by atomic mass is 16.1. The molecule has 0 spiro atoms. The molecule has 1 aliphatic carbocycles. The van der Waals surface area contributed by atoms with E-state index in [0.717, 1.165) is 30.6 Å². The fourth-order valence-corrected chi connectivity index (χ4v) is 5.31. The summed E-state index contributed by atoms with van der Waals surface area (Å²) in [5, 5.41) is 10.8. The minimum Gasteiger partial charge on any atom is -0.378 e. The Bertz CT molecular complexity index is 844. The maximum absolute atomic E-state index is 12.8. The summed E-state index contributed by atoms with van der Waals surface area (Å²) in [6.07, 6.45) is 7.08. The molecule has 0 bridgehead atoms. The third-order valence-corrected chi connectivity index (χ3v) is 6.74. The third kappa shape index (κ3) is 3.30. The first-order chi connectivity index (χ1) is 13.8. The summed E-state index contributed by atoms with van der Waals surface area (Å²) in [7, 11) is 0. The van der Waals surface area contributed by atoms with Crippen molar-refractivity contribution in [1.29, 1.82) is 0 Å². The Balaban J connectivity index is 1.44. The molecule has 5 rings (SSSR count). The molecule has 4 heteroatoms. The van der Waals surface area contributed by atoms with Crippen LogP contribution in [0, 0.1) is 5.92 Å². The largest absolute Gasteiger partial charge is 0.378 e. The third-order valence-electron chi connectivity index (χ3n) is 6.74. The molecule has 1 amide bonds. The number of nitrogens with one attached hydrogen (secondary N) is 3. The van der Waals surface area contributed by atoms with Crippen LogP contribution in [0.4, 0.5) is 5.69 Å². The molecule has 3 N–H and O–H groups in total. The van der Waals surface area contributed by atoms with E-state index in [1.165, 1.54) is 36.8 Å². The van der Waals surface area contributed by atoms with Crippen LogP contribution in [0.3, 0.4) is 0 Å². The van der Waals surface area contributed by atoms with Gasteiger partial charge in [-0.2, -0.15) is 0 Å². The number of carbonyl (C=O) groups excluding carboxylic acids is 1. The molecule has 2 aromatic rings. The van der Waals surface area contributed by atoms with E-state index in [0.29, 0.717) is 24.0 Å². The van der Waals surface area contributed by atoms with E-state index in [4.69, 9.17) is 0 Å². The average Bonchev–Trinajstić information content (AvgIpc) is 3.26. The minimum atomic E-state index is 0.0762. The number of fused-ring (bicyclic) bond motifs is 3. The van der Waals surface area contributed by atoms with Crippen LogP contribution in [0.15, 0.2) is 48.5 Å². The van der Waals surface area contributed by atoms with Gasteiger partial charge in [0.25, 0.3) is 5.91 Å². The lowest BCUT2D eigenvalue weighted by Gasteiger charge is -2.44. The van der Waals surface area contributed by atoms with Crippen LogP contribution < -0.4 is 16.0 Å². The van der Waals surface area contributed by atoms with Gasteiger partial charge in [0.1, 0.15) is 0 Å². The number of piperidine rings is 1. The maximum atomic E-state index is 12.8. The van der Waals surface area contributed by atoms with Crippen molar-refractivity contribution >= 4 is 11.6 Å². The van der Waals surface area contributed by atoms with Crippen molar-refractivity contribution < 1.29 is 4.79 Å². The van der Waals surface area contributed by atoms with Crippen molar-refractivity contribution in [2.24, 2.45) is 5.92 Å². The van der Waals surface area contributed by atoms with E-state index >= 15 is 0 Å². The van der Waals surface area contributed by atoms with Gasteiger partial charge >= 0.3 is 0 Å². The summed E-state index contributed by atoms with van der Waals surface area (Å²) in [5.74, 6) is 0.573. The van der Waals surface area contributed by atoms with Gasteiger partial charge in [-0.3, -0.25) is 4.79 Å². The molecule has 3 atom stereocenters. The highest BCUT2D eigenvalue weighted by molar-refractivity contribution is 5.95. The molecule has 2 heterocycles. The molecule has 3 unspecified atom stereocenters. The Morgan fingerprint density at radius 2 is 1.75 bits per heavy atom. The molecule has 3 aliphatic rings. The van der Waals surface area contributed by atoms with Crippen LogP contribution in [-0.4, -0.2) is 18.5 Å². The summed E-state index contributed by atoms with van der Waals surface area (Å²) >= 11 is 0. The Hall–Kier alpha value is -2.33. The van der Waals surface area contributed by atoms with E-state index in [9.17, 15) is 4.79 Å². The van der Waals surface area contributed by atoms with Crippen LogP contribution in [-0.2, 0) is 0 Å². The fourth-order valence-electron chi connectivity index (χ4n) is 5.31. The lowest BCUT2D eigenvalue weighted by Crippen LogP contribution is -2.43. The average molecular weight is 376 g/mol. The second-order valence-electron chi connectivity index (χ2n) is 8.53. The van der Waals surface area contributed by atoms with Crippen molar-refractivity contribution in [3.63, 3.8) is 0 Å². The molecule has 1 saturated heterocycles. The molecule has 146 valence electrons. The number of hydrogen-bond acceptors (Lipinski definition) is 3. The first-order valence-electron chi connectivity index (χ1n) is 10.8. The summed E-state index contributed by atoms with van der Waals surface area (Å²) in [6, 6.07) is 17.9. The first kappa shape index (κ1) is 17.7. The second-order valence-corrected chi connectivity index (χ2v) is 8.53. The SMILES string of the molecule is O=C(NC1CCCC1)c1ccc2c(c1)C1NCCCC1C(c1ccccc1)N2. The van der Waals surface area contributed by atoms with Crippen molar-refractivity contribution in [2.45, 2.75) is 56.7 Å². The quantitative estimate of drug-likeness (QED) is 0.737. The van der Waals surface area contributed by atoms with Gasteiger partial charge in [0, 0.05) is 29.3 Å². The molecule has 28 heavy (non-hydrogen) atoms. The van der Waals surface area contributed by atoms with E-state index in [1.54, 1.807) is 0 Å². The van der Waals surface area contributed by atoms with Gasteiger partial charge in [-0.05, 0) is 61.6 Å². The van der Waals surface area contributed by atoms with Crippen LogP contribution in [0.25, 0.3) is 0 Å². The van der Waals surface area contributed by atoms with E-state index in [-0.39, 0.29) is 5.91 Å². The zero-order valence-corrected chi connectivity index (χ0v) is 16.3. The van der Waals surface area contributed by atoms with E-state index < -0.39 is 0 Å². The standard InChI is InChI=1S/C24H29N3O/c28-24(26-18-9-4-5-10-18)17-12-13-21-20(15-17)23-19(11-6-14-25-23)22(27-21)16-7-2-1-3-8-16/h1-3,7-8,12-13,15,18-19,22-23,25,27H,4-6,9-11,14H2,(H,26,28). The number of hydrogen-bond donors (Lipinski definition) is 3. The van der Waals surface area contributed by atoms with Crippen molar-refractivity contribution in [3.8, 4) is 0 Å². The smallest absolute Gasteiger partial charge is 0.251 e. The maximum Gasteiger partial charge on any atom is 0.251 e. The molecular formula is C24H29N3O. The van der Waals surface area contributed by atoms with Gasteiger partial charge in [0.05, 0.1) is 6.04 Å². The molecular weight excluding hydrogens is 346 g/mol. The first-order valence-corrected chi connectivity index (χ1v) is 10.8. The molecule has 1 saturated carbocycles. The predicted molar refractivity (Wildman–Crippen MR) is 112 cm³/mol. The van der Waals surface area contributed by atoms with E-state index in [2.05, 4.69) is 58.4 Å². The number of anilines is 1. The van der Waals surface area contributed by atoms with Crippen LogP contribution >= 0.6 is 0 Å². The monoisotopic (exact) mass is 375 g/mol. The van der Waals surface area contributed by atoms with Gasteiger partial charge in [-0.25, -0.2) is 0 Å². The summed E-state index contributed by atoms with van der Waals surface area (Å²) in [6.45, 7) is 1.04. The number of amides is 1. The molecule has 0 aromatic heterocycles. The lowest BCUT2D eigenvalue weighted by molar-refractivity contribution is 0.0937. The van der Waals surface area contributed by atoms with Gasteiger partial charge in [0.2, 0.25) is 0 Å². The topological polar surface area (TPSA) is 53.2 Å². The number of rotatable bonds is 3.